The molecule has 3 aromatic rings. The second-order valence-corrected chi connectivity index (χ2v) is 6.82. The average Bonchev–Trinajstić information content (AvgIpc) is 3.09. The van der Waals surface area contributed by atoms with Crippen molar-refractivity contribution >= 4 is 18.1 Å². The minimum absolute atomic E-state index is 0. The van der Waals surface area contributed by atoms with Gasteiger partial charge >= 0.3 is 6.18 Å². The van der Waals surface area contributed by atoms with Gasteiger partial charge in [0.05, 0.1) is 11.3 Å². The van der Waals surface area contributed by atoms with E-state index in [2.05, 4.69) is 20.3 Å². The molecule has 0 unspecified atom stereocenters. The van der Waals surface area contributed by atoms with E-state index in [4.69, 9.17) is 5.73 Å². The van der Waals surface area contributed by atoms with E-state index in [0.717, 1.165) is 17.8 Å². The smallest absolute Gasteiger partial charge is 0.369 e. The third-order valence-electron chi connectivity index (χ3n) is 4.27. The lowest BCUT2D eigenvalue weighted by Crippen LogP contribution is -2.19. The van der Waals surface area contributed by atoms with E-state index in [0.29, 0.717) is 23.1 Å². The number of H-pyrrole nitrogens is 1. The van der Waals surface area contributed by atoms with Crippen LogP contribution in [-0.4, -0.2) is 27.1 Å². The van der Waals surface area contributed by atoms with Crippen molar-refractivity contribution in [3.8, 4) is 11.3 Å². The minimum Gasteiger partial charge on any atom is -0.369 e. The summed E-state index contributed by atoms with van der Waals surface area (Å²) in [5.74, 6) is 0.00277. The van der Waals surface area contributed by atoms with Gasteiger partial charge in [-0.3, -0.25) is 14.6 Å². The number of carbonyl (C=O) groups excluding carboxylic acids is 2. The molecule has 0 aliphatic carbocycles. The van der Waals surface area contributed by atoms with Gasteiger partial charge in [0.1, 0.15) is 5.69 Å². The van der Waals surface area contributed by atoms with Crippen molar-refractivity contribution in [1.82, 2.24) is 20.3 Å². The summed E-state index contributed by atoms with van der Waals surface area (Å²) in [6.07, 6.45) is -5.57. The zero-order valence-electron chi connectivity index (χ0n) is 17.5. The molecule has 0 spiro atoms. The van der Waals surface area contributed by atoms with Crippen LogP contribution < -0.4 is 11.1 Å². The molecule has 0 atom stereocenters. The van der Waals surface area contributed by atoms with Gasteiger partial charge in [0, 0.05) is 40.8 Å². The van der Waals surface area contributed by atoms with Crippen LogP contribution in [0.15, 0.2) is 36.5 Å². The SMILES string of the molecule is CC(=O)NCc1cnc(C(F)F)c(C=O)c1.Cc1[nH]c(N)nc1-c1ccc(C(F)(F)F)cc1.[HH].[HH].[HH]. The molecule has 33 heavy (non-hydrogen) atoms. The van der Waals surface area contributed by atoms with Crippen LogP contribution in [0.3, 0.4) is 0 Å². The Morgan fingerprint density at radius 2 is 1.91 bits per heavy atom. The number of rotatable bonds is 5. The number of aromatic amines is 1. The van der Waals surface area contributed by atoms with Crippen molar-refractivity contribution in [3.05, 3.63) is 64.6 Å². The minimum atomic E-state index is -4.32. The maximum Gasteiger partial charge on any atom is 0.416 e. The van der Waals surface area contributed by atoms with Gasteiger partial charge in [0.2, 0.25) is 5.91 Å². The van der Waals surface area contributed by atoms with Gasteiger partial charge in [0.15, 0.2) is 12.2 Å². The number of aryl methyl sites for hydroxylation is 1. The summed E-state index contributed by atoms with van der Waals surface area (Å²) in [6, 6.07) is 6.10. The first-order valence-corrected chi connectivity index (χ1v) is 9.38. The largest absolute Gasteiger partial charge is 0.416 e. The highest BCUT2D eigenvalue weighted by molar-refractivity contribution is 5.77. The first kappa shape index (κ1) is 25.4. The lowest BCUT2D eigenvalue weighted by atomic mass is 10.1. The topological polar surface area (TPSA) is 114 Å². The van der Waals surface area contributed by atoms with E-state index >= 15 is 0 Å². The summed E-state index contributed by atoms with van der Waals surface area (Å²) < 4.78 is 61.8. The third-order valence-corrected chi connectivity index (χ3v) is 4.27. The van der Waals surface area contributed by atoms with Gasteiger partial charge in [-0.25, -0.2) is 13.8 Å². The Hall–Kier alpha value is -3.83. The number of halogens is 5. The van der Waals surface area contributed by atoms with Gasteiger partial charge in [-0.15, -0.1) is 0 Å². The molecule has 7 nitrogen and oxygen atoms in total. The number of nitrogen functional groups attached to an aromatic ring is 1. The fourth-order valence-corrected chi connectivity index (χ4v) is 2.72. The number of aromatic nitrogens is 3. The fourth-order valence-electron chi connectivity index (χ4n) is 2.72. The lowest BCUT2D eigenvalue weighted by molar-refractivity contribution is -0.137. The Morgan fingerprint density at radius 3 is 2.36 bits per heavy atom. The summed E-state index contributed by atoms with van der Waals surface area (Å²) >= 11 is 0. The molecule has 0 bridgehead atoms. The quantitative estimate of drug-likeness (QED) is 0.347. The average molecular weight is 475 g/mol. The van der Waals surface area contributed by atoms with E-state index in [1.807, 2.05) is 0 Å². The molecule has 2 aromatic heterocycles. The van der Waals surface area contributed by atoms with Crippen molar-refractivity contribution in [1.29, 1.82) is 0 Å². The Morgan fingerprint density at radius 1 is 1.27 bits per heavy atom. The molecule has 0 saturated heterocycles. The Bertz CT molecular complexity index is 1130. The highest BCUT2D eigenvalue weighted by atomic mass is 19.4. The summed E-state index contributed by atoms with van der Waals surface area (Å²) in [4.78, 5) is 31.5. The molecule has 1 amide bonds. The van der Waals surface area contributed by atoms with Crippen LogP contribution in [0.2, 0.25) is 0 Å². The molecule has 12 heteroatoms. The van der Waals surface area contributed by atoms with Gasteiger partial charge in [0.25, 0.3) is 6.43 Å². The normalized spacial score (nSPS) is 11.0. The Labute approximate surface area is 189 Å². The number of anilines is 1. The summed E-state index contributed by atoms with van der Waals surface area (Å²) in [5, 5.41) is 2.48. The summed E-state index contributed by atoms with van der Waals surface area (Å²) in [5.41, 5.74) is 6.49. The van der Waals surface area contributed by atoms with Crippen molar-refractivity contribution in [2.75, 3.05) is 5.73 Å². The van der Waals surface area contributed by atoms with Crippen LogP contribution in [-0.2, 0) is 17.5 Å². The van der Waals surface area contributed by atoms with Crippen LogP contribution in [0.1, 0.15) is 50.5 Å². The van der Waals surface area contributed by atoms with Crippen LogP contribution >= 0.6 is 0 Å². The zero-order valence-corrected chi connectivity index (χ0v) is 17.5. The maximum atomic E-state index is 12.4. The number of benzene rings is 1. The molecule has 3 rings (SSSR count). The van der Waals surface area contributed by atoms with E-state index < -0.39 is 23.9 Å². The molecular weight excluding hydrogens is 449 g/mol. The number of amides is 1. The van der Waals surface area contributed by atoms with Gasteiger partial charge in [-0.1, -0.05) is 12.1 Å². The molecule has 0 saturated carbocycles. The van der Waals surface area contributed by atoms with Crippen LogP contribution in [0.25, 0.3) is 11.3 Å². The maximum absolute atomic E-state index is 12.4. The van der Waals surface area contributed by atoms with Crippen molar-refractivity contribution in [3.63, 3.8) is 0 Å². The second kappa shape index (κ2) is 10.7. The summed E-state index contributed by atoms with van der Waals surface area (Å²) in [6.45, 7) is 3.25. The fraction of sp³-hybridized carbons (Fsp3) is 0.238. The predicted octanol–water partition coefficient (Wildman–Crippen LogP) is 5.19. The van der Waals surface area contributed by atoms with E-state index in [1.165, 1.54) is 31.3 Å². The zero-order chi connectivity index (χ0) is 24.8. The molecule has 2 heterocycles. The van der Waals surface area contributed by atoms with Crippen molar-refractivity contribution in [2.24, 2.45) is 0 Å². The predicted molar refractivity (Wildman–Crippen MR) is 117 cm³/mol. The van der Waals surface area contributed by atoms with Crippen LogP contribution in [0, 0.1) is 6.92 Å². The first-order valence-electron chi connectivity index (χ1n) is 9.38. The molecule has 0 radical (unpaired) electrons. The van der Waals surface area contributed by atoms with Gasteiger partial charge < -0.3 is 16.0 Å². The molecule has 0 fully saturated rings. The van der Waals surface area contributed by atoms with Crippen LogP contribution in [0.5, 0.6) is 0 Å². The number of nitrogens with zero attached hydrogens (tertiary/aromatic N) is 2. The number of hydrogen-bond donors (Lipinski definition) is 3. The number of alkyl halides is 5. The van der Waals surface area contributed by atoms with Crippen molar-refractivity contribution < 1.29 is 35.8 Å². The lowest BCUT2D eigenvalue weighted by Gasteiger charge is -2.06. The Kier molecular flexibility index (Phi) is 8.21. The highest BCUT2D eigenvalue weighted by Crippen LogP contribution is 2.31. The number of aldehydes is 1. The van der Waals surface area contributed by atoms with Crippen LogP contribution in [0.4, 0.5) is 27.9 Å². The number of hydrogen-bond acceptors (Lipinski definition) is 5. The number of imidazole rings is 1. The highest BCUT2D eigenvalue weighted by Gasteiger charge is 2.30. The van der Waals surface area contributed by atoms with Crippen molar-refractivity contribution in [2.45, 2.75) is 33.0 Å². The van der Waals surface area contributed by atoms with Gasteiger partial charge in [-0.05, 0) is 30.7 Å². The number of nitrogens with two attached hydrogens (primary N) is 1. The molecular formula is C21H26F5N5O2. The molecule has 182 valence electrons. The number of carbonyl (C=O) groups is 2. The van der Waals surface area contributed by atoms with E-state index in [9.17, 15) is 31.5 Å². The van der Waals surface area contributed by atoms with E-state index in [1.54, 1.807) is 6.92 Å². The molecule has 1 aromatic carbocycles. The third kappa shape index (κ3) is 7.09. The molecule has 4 N–H and O–H groups in total. The van der Waals surface area contributed by atoms with E-state index in [-0.39, 0.29) is 28.2 Å². The molecule has 0 aliphatic rings. The van der Waals surface area contributed by atoms with Gasteiger partial charge in [-0.2, -0.15) is 13.2 Å². The first-order chi connectivity index (χ1) is 15.4. The number of pyridine rings is 1. The summed E-state index contributed by atoms with van der Waals surface area (Å²) in [7, 11) is 0. The molecule has 0 aliphatic heterocycles. The Balaban J connectivity index is 0. The monoisotopic (exact) mass is 475 g/mol. The number of nitrogens with one attached hydrogen (secondary N) is 2. The standard InChI is InChI=1S/C11H10F3N3.C10H10F2N2O2.3H2/c1-6-9(17-10(15)16-6)7-2-4-8(5-3-7)11(12,13)14;1-6(16)13-3-7-2-8(5-15)9(10(11)12)14-4-7;;;/h2-5H,1H3,(H3,15,16,17);2,4-5,10H,3H2,1H3,(H,13,16);3*1H. The second-order valence-electron chi connectivity index (χ2n) is 6.82.